The van der Waals surface area contributed by atoms with E-state index in [1.807, 2.05) is 0 Å². The standard InChI is InChI=1S/C24H41NO2/c1-4-5-6-7-8-9-10-11-12-13-14-16-20(2)21(3)19-23(26)22-17-15-18-25-24(22)27/h13-15,17-18,20-21,23,26H,4-12,16,19H2,1-3H3,(H,25,27). The van der Waals surface area contributed by atoms with Crippen LogP contribution >= 0.6 is 0 Å². The Morgan fingerprint density at radius 3 is 2.33 bits per heavy atom. The highest BCUT2D eigenvalue weighted by molar-refractivity contribution is 5.12. The number of aliphatic hydroxyl groups excluding tert-OH is 1. The molecule has 0 fully saturated rings. The lowest BCUT2D eigenvalue weighted by molar-refractivity contribution is 0.132. The van der Waals surface area contributed by atoms with Crippen molar-refractivity contribution in [2.45, 2.75) is 97.5 Å². The third kappa shape index (κ3) is 10.5. The predicted molar refractivity (Wildman–Crippen MR) is 116 cm³/mol. The number of rotatable bonds is 15. The third-order valence-electron chi connectivity index (χ3n) is 5.67. The van der Waals surface area contributed by atoms with Crippen LogP contribution in [0, 0.1) is 11.8 Å². The minimum absolute atomic E-state index is 0.185. The molecule has 0 aliphatic rings. The summed E-state index contributed by atoms with van der Waals surface area (Å²) in [5.41, 5.74) is 0.289. The monoisotopic (exact) mass is 375 g/mol. The van der Waals surface area contributed by atoms with Crippen LogP contribution in [0.15, 0.2) is 35.3 Å². The molecule has 1 aromatic rings. The number of hydrogen-bond donors (Lipinski definition) is 2. The summed E-state index contributed by atoms with van der Waals surface area (Å²) in [6, 6.07) is 3.48. The molecule has 0 amide bonds. The van der Waals surface area contributed by atoms with Crippen LogP contribution in [-0.4, -0.2) is 10.1 Å². The molecule has 0 aliphatic carbocycles. The molecule has 27 heavy (non-hydrogen) atoms. The minimum atomic E-state index is -0.686. The zero-order chi connectivity index (χ0) is 19.9. The van der Waals surface area contributed by atoms with Gasteiger partial charge in [0.2, 0.25) is 0 Å². The molecule has 2 N–H and O–H groups in total. The molecule has 0 aliphatic heterocycles. The summed E-state index contributed by atoms with van der Waals surface area (Å²) < 4.78 is 0. The first-order chi connectivity index (χ1) is 13.1. The number of aliphatic hydroxyl groups is 1. The van der Waals surface area contributed by atoms with E-state index in [1.165, 1.54) is 57.8 Å². The highest BCUT2D eigenvalue weighted by Crippen LogP contribution is 2.26. The Hall–Kier alpha value is -1.35. The number of pyridine rings is 1. The average Bonchev–Trinajstić information content (AvgIpc) is 2.66. The molecule has 1 aromatic heterocycles. The lowest BCUT2D eigenvalue weighted by Gasteiger charge is -2.21. The van der Waals surface area contributed by atoms with Crippen LogP contribution < -0.4 is 5.56 Å². The maximum Gasteiger partial charge on any atom is 0.253 e. The molecular formula is C24H41NO2. The van der Waals surface area contributed by atoms with Gasteiger partial charge in [-0.05, 0) is 49.7 Å². The van der Waals surface area contributed by atoms with Crippen LogP contribution in [0.3, 0.4) is 0 Å². The average molecular weight is 376 g/mol. The van der Waals surface area contributed by atoms with Crippen molar-refractivity contribution in [3.8, 4) is 0 Å². The molecule has 0 aromatic carbocycles. The van der Waals surface area contributed by atoms with Crippen LogP contribution in [0.4, 0.5) is 0 Å². The van der Waals surface area contributed by atoms with Gasteiger partial charge < -0.3 is 10.1 Å². The van der Waals surface area contributed by atoms with E-state index in [0.717, 1.165) is 6.42 Å². The van der Waals surface area contributed by atoms with E-state index in [-0.39, 0.29) is 5.56 Å². The lowest BCUT2D eigenvalue weighted by atomic mass is 9.86. The fraction of sp³-hybridized carbons (Fsp3) is 0.708. The topological polar surface area (TPSA) is 53.1 Å². The summed E-state index contributed by atoms with van der Waals surface area (Å²) in [6.07, 6.45) is 19.3. The van der Waals surface area contributed by atoms with Crippen LogP contribution in [-0.2, 0) is 0 Å². The highest BCUT2D eigenvalue weighted by atomic mass is 16.3. The summed E-state index contributed by atoms with van der Waals surface area (Å²) in [6.45, 7) is 6.66. The lowest BCUT2D eigenvalue weighted by Crippen LogP contribution is -2.19. The second-order valence-electron chi connectivity index (χ2n) is 8.13. The number of nitrogens with one attached hydrogen (secondary N) is 1. The number of aromatic amines is 1. The summed E-state index contributed by atoms with van der Waals surface area (Å²) in [5.74, 6) is 0.865. The largest absolute Gasteiger partial charge is 0.388 e. The number of allylic oxidation sites excluding steroid dienone is 2. The van der Waals surface area contributed by atoms with Crippen molar-refractivity contribution in [3.05, 3.63) is 46.4 Å². The molecular weight excluding hydrogens is 334 g/mol. The molecule has 0 saturated heterocycles. The summed E-state index contributed by atoms with van der Waals surface area (Å²) in [7, 11) is 0. The first-order valence-corrected chi connectivity index (χ1v) is 11.1. The zero-order valence-electron chi connectivity index (χ0n) is 17.8. The minimum Gasteiger partial charge on any atom is -0.388 e. The van der Waals surface area contributed by atoms with Gasteiger partial charge in [-0.15, -0.1) is 0 Å². The summed E-state index contributed by atoms with van der Waals surface area (Å²) >= 11 is 0. The second kappa shape index (κ2) is 14.7. The van der Waals surface area contributed by atoms with E-state index in [2.05, 4.69) is 37.9 Å². The Morgan fingerprint density at radius 1 is 1.00 bits per heavy atom. The molecule has 154 valence electrons. The van der Waals surface area contributed by atoms with Gasteiger partial charge in [-0.2, -0.15) is 0 Å². The van der Waals surface area contributed by atoms with E-state index in [9.17, 15) is 9.90 Å². The Balaban J connectivity index is 2.14. The third-order valence-corrected chi connectivity index (χ3v) is 5.67. The molecule has 1 rings (SSSR count). The normalized spacial score (nSPS) is 15.1. The molecule has 3 unspecified atom stereocenters. The molecule has 1 heterocycles. The molecule has 0 saturated carbocycles. The predicted octanol–water partition coefficient (Wildman–Crippen LogP) is 6.55. The van der Waals surface area contributed by atoms with E-state index in [1.54, 1.807) is 18.3 Å². The maximum absolute atomic E-state index is 11.8. The van der Waals surface area contributed by atoms with Crippen LogP contribution in [0.5, 0.6) is 0 Å². The van der Waals surface area contributed by atoms with Crippen molar-refractivity contribution >= 4 is 0 Å². The Labute approximate surface area is 166 Å². The molecule has 3 atom stereocenters. The van der Waals surface area contributed by atoms with Gasteiger partial charge in [0.25, 0.3) is 5.56 Å². The Morgan fingerprint density at radius 2 is 1.67 bits per heavy atom. The van der Waals surface area contributed by atoms with Crippen molar-refractivity contribution in [3.63, 3.8) is 0 Å². The van der Waals surface area contributed by atoms with Crippen molar-refractivity contribution < 1.29 is 5.11 Å². The Bertz CT molecular complexity index is 563. The smallest absolute Gasteiger partial charge is 0.253 e. The number of aromatic nitrogens is 1. The van der Waals surface area contributed by atoms with E-state index in [0.29, 0.717) is 23.8 Å². The van der Waals surface area contributed by atoms with Gasteiger partial charge in [0.05, 0.1) is 6.10 Å². The molecule has 0 spiro atoms. The summed E-state index contributed by atoms with van der Waals surface area (Å²) in [5, 5.41) is 10.3. The van der Waals surface area contributed by atoms with Gasteiger partial charge in [0, 0.05) is 11.8 Å². The SMILES string of the molecule is CCCCCCCCCCC=CCC(C)C(C)CC(O)c1ccc[nH]c1=O. The van der Waals surface area contributed by atoms with E-state index >= 15 is 0 Å². The summed E-state index contributed by atoms with van der Waals surface area (Å²) in [4.78, 5) is 14.4. The van der Waals surface area contributed by atoms with E-state index in [4.69, 9.17) is 0 Å². The van der Waals surface area contributed by atoms with Gasteiger partial charge in [-0.1, -0.05) is 77.9 Å². The molecule has 0 bridgehead atoms. The zero-order valence-corrected chi connectivity index (χ0v) is 17.8. The van der Waals surface area contributed by atoms with Gasteiger partial charge in [0.15, 0.2) is 0 Å². The van der Waals surface area contributed by atoms with Gasteiger partial charge >= 0.3 is 0 Å². The number of unbranched alkanes of at least 4 members (excludes halogenated alkanes) is 8. The van der Waals surface area contributed by atoms with E-state index < -0.39 is 6.10 Å². The van der Waals surface area contributed by atoms with Crippen molar-refractivity contribution in [1.82, 2.24) is 4.98 Å². The Kier molecular flexibility index (Phi) is 12.9. The van der Waals surface area contributed by atoms with Crippen molar-refractivity contribution in [1.29, 1.82) is 0 Å². The van der Waals surface area contributed by atoms with Crippen LogP contribution in [0.2, 0.25) is 0 Å². The van der Waals surface area contributed by atoms with Gasteiger partial charge in [0.1, 0.15) is 0 Å². The second-order valence-corrected chi connectivity index (χ2v) is 8.13. The van der Waals surface area contributed by atoms with Crippen LogP contribution in [0.1, 0.15) is 103 Å². The first kappa shape index (κ1) is 23.7. The number of H-pyrrole nitrogens is 1. The van der Waals surface area contributed by atoms with Crippen molar-refractivity contribution in [2.75, 3.05) is 0 Å². The number of hydrogen-bond acceptors (Lipinski definition) is 2. The molecule has 3 heteroatoms. The molecule has 3 nitrogen and oxygen atoms in total. The van der Waals surface area contributed by atoms with Crippen molar-refractivity contribution in [2.24, 2.45) is 11.8 Å². The van der Waals surface area contributed by atoms with Gasteiger partial charge in [-0.3, -0.25) is 4.79 Å². The molecule has 0 radical (unpaired) electrons. The van der Waals surface area contributed by atoms with Crippen LogP contribution in [0.25, 0.3) is 0 Å². The van der Waals surface area contributed by atoms with Gasteiger partial charge in [-0.25, -0.2) is 0 Å². The maximum atomic E-state index is 11.8. The fourth-order valence-electron chi connectivity index (χ4n) is 3.47. The quantitative estimate of drug-likeness (QED) is 0.270. The first-order valence-electron chi connectivity index (χ1n) is 11.1. The fourth-order valence-corrected chi connectivity index (χ4v) is 3.47. The highest BCUT2D eigenvalue weighted by Gasteiger charge is 2.18.